The lowest BCUT2D eigenvalue weighted by Gasteiger charge is -2.26. The van der Waals surface area contributed by atoms with Crippen molar-refractivity contribution >= 4 is 30.3 Å². The molecule has 2 unspecified atom stereocenters. The fourth-order valence-electron chi connectivity index (χ4n) is 3.50. The summed E-state index contributed by atoms with van der Waals surface area (Å²) >= 11 is 4.55. The van der Waals surface area contributed by atoms with Gasteiger partial charge in [-0.2, -0.15) is 12.6 Å². The first-order chi connectivity index (χ1) is 15.9. The molecule has 0 bridgehead atoms. The number of oxime groups is 1. The van der Waals surface area contributed by atoms with Gasteiger partial charge in [-0.3, -0.25) is 4.79 Å². The van der Waals surface area contributed by atoms with E-state index >= 15 is 0 Å². The number of rotatable bonds is 9. The summed E-state index contributed by atoms with van der Waals surface area (Å²) in [6.07, 6.45) is -0.536. The maximum atomic E-state index is 13.3. The summed E-state index contributed by atoms with van der Waals surface area (Å²) < 4.78 is 10.8. The molecule has 176 valence electrons. The molecule has 0 aliphatic carbocycles. The molecule has 0 radical (unpaired) electrons. The minimum atomic E-state index is -0.989. The number of amides is 2. The molecule has 2 aromatic carbocycles. The highest BCUT2D eigenvalue weighted by Gasteiger charge is 2.37. The molecule has 0 aromatic heterocycles. The lowest BCUT2D eigenvalue weighted by atomic mass is 10.0. The Bertz CT molecular complexity index is 985. The Labute approximate surface area is 199 Å². The van der Waals surface area contributed by atoms with Crippen molar-refractivity contribution in [2.45, 2.75) is 43.8 Å². The van der Waals surface area contributed by atoms with Crippen LogP contribution in [-0.4, -0.2) is 53.7 Å². The van der Waals surface area contributed by atoms with Crippen molar-refractivity contribution in [3.63, 3.8) is 0 Å². The molecule has 2 amide bonds. The summed E-state index contributed by atoms with van der Waals surface area (Å²) in [7, 11) is 1.55. The van der Waals surface area contributed by atoms with Gasteiger partial charge in [0.05, 0.1) is 30.7 Å². The number of nitrogens with zero attached hydrogens (tertiary/aromatic N) is 2. The van der Waals surface area contributed by atoms with Crippen LogP contribution in [0, 0.1) is 0 Å². The predicted molar refractivity (Wildman–Crippen MR) is 128 cm³/mol. The molecule has 2 aromatic rings. The Hall–Kier alpha value is -3.04. The Morgan fingerprint density at radius 2 is 1.88 bits per heavy atom. The van der Waals surface area contributed by atoms with Gasteiger partial charge in [-0.05, 0) is 23.6 Å². The van der Waals surface area contributed by atoms with Gasteiger partial charge in [-0.15, -0.1) is 0 Å². The van der Waals surface area contributed by atoms with Crippen molar-refractivity contribution in [2.24, 2.45) is 10.9 Å². The molecular weight excluding hydrogens is 442 g/mol. The molecule has 0 saturated carbocycles. The molecule has 33 heavy (non-hydrogen) atoms. The number of ether oxygens (including phenoxy) is 2. The average Bonchev–Trinajstić information content (AvgIpc) is 3.20. The fourth-order valence-corrected chi connectivity index (χ4v) is 3.87. The number of thiol groups is 1. The second kappa shape index (κ2) is 11.7. The van der Waals surface area contributed by atoms with Crippen LogP contribution < -0.4 is 10.5 Å². The summed E-state index contributed by atoms with van der Waals surface area (Å²) in [5.74, 6) is 0.0440. The highest BCUT2D eigenvalue weighted by Crippen LogP contribution is 2.22. The SMILES string of the molecule is CCC1=NOC(CN(C(=O)OCc2ccccc2)C(=O)[C@@H](N)Cc2ccccc2OC)C1S. The maximum absolute atomic E-state index is 13.3. The molecule has 1 aliphatic heterocycles. The summed E-state index contributed by atoms with van der Waals surface area (Å²) in [6, 6.07) is 15.5. The zero-order valence-electron chi connectivity index (χ0n) is 18.7. The molecule has 1 aliphatic rings. The minimum absolute atomic E-state index is 0.0255. The number of para-hydroxylation sites is 1. The van der Waals surface area contributed by atoms with Crippen LogP contribution in [0.3, 0.4) is 0 Å². The van der Waals surface area contributed by atoms with Gasteiger partial charge in [-0.1, -0.05) is 60.6 Å². The van der Waals surface area contributed by atoms with Crippen molar-refractivity contribution in [3.05, 3.63) is 65.7 Å². The smallest absolute Gasteiger partial charge is 0.417 e. The number of imide groups is 1. The zero-order chi connectivity index (χ0) is 23.8. The van der Waals surface area contributed by atoms with Crippen LogP contribution in [0.25, 0.3) is 0 Å². The number of carbonyl (C=O) groups is 2. The van der Waals surface area contributed by atoms with E-state index in [4.69, 9.17) is 20.0 Å². The molecule has 0 spiro atoms. The molecule has 0 saturated heterocycles. The van der Waals surface area contributed by atoms with E-state index < -0.39 is 24.1 Å². The van der Waals surface area contributed by atoms with E-state index in [1.54, 1.807) is 13.2 Å². The molecule has 1 heterocycles. The normalized spacial score (nSPS) is 18.1. The summed E-state index contributed by atoms with van der Waals surface area (Å²) in [5.41, 5.74) is 8.56. The van der Waals surface area contributed by atoms with E-state index in [0.29, 0.717) is 12.2 Å². The maximum Gasteiger partial charge on any atom is 0.417 e. The molecule has 3 rings (SSSR count). The number of carbonyl (C=O) groups excluding carboxylic acids is 2. The molecule has 8 nitrogen and oxygen atoms in total. The Kier molecular flexibility index (Phi) is 8.73. The van der Waals surface area contributed by atoms with Crippen molar-refractivity contribution in [1.29, 1.82) is 0 Å². The third kappa shape index (κ3) is 6.27. The van der Waals surface area contributed by atoms with Gasteiger partial charge in [0.2, 0.25) is 5.91 Å². The third-order valence-corrected chi connectivity index (χ3v) is 6.00. The van der Waals surface area contributed by atoms with Crippen LogP contribution in [0.5, 0.6) is 5.75 Å². The van der Waals surface area contributed by atoms with Crippen LogP contribution in [0.1, 0.15) is 24.5 Å². The van der Waals surface area contributed by atoms with Crippen molar-refractivity contribution in [2.75, 3.05) is 13.7 Å². The van der Waals surface area contributed by atoms with E-state index in [1.807, 2.05) is 55.5 Å². The van der Waals surface area contributed by atoms with E-state index in [9.17, 15) is 9.59 Å². The largest absolute Gasteiger partial charge is 0.496 e. The zero-order valence-corrected chi connectivity index (χ0v) is 19.6. The Morgan fingerprint density at radius 3 is 2.55 bits per heavy atom. The summed E-state index contributed by atoms with van der Waals surface area (Å²) in [6.45, 7) is 1.89. The number of hydrogen-bond donors (Lipinski definition) is 2. The van der Waals surface area contributed by atoms with E-state index in [0.717, 1.165) is 21.7 Å². The Morgan fingerprint density at radius 1 is 1.18 bits per heavy atom. The van der Waals surface area contributed by atoms with Gasteiger partial charge in [0, 0.05) is 6.42 Å². The van der Waals surface area contributed by atoms with Crippen LogP contribution in [0.4, 0.5) is 4.79 Å². The molecule has 0 fully saturated rings. The van der Waals surface area contributed by atoms with Crippen molar-refractivity contribution in [3.8, 4) is 5.75 Å². The number of methoxy groups -OCH3 is 1. The second-order valence-electron chi connectivity index (χ2n) is 7.64. The van der Waals surface area contributed by atoms with Crippen LogP contribution in [-0.2, 0) is 27.4 Å². The fraction of sp³-hybridized carbons (Fsp3) is 0.375. The van der Waals surface area contributed by atoms with Crippen LogP contribution >= 0.6 is 12.6 Å². The first-order valence-corrected chi connectivity index (χ1v) is 11.3. The van der Waals surface area contributed by atoms with Gasteiger partial charge in [0.15, 0.2) is 6.10 Å². The lowest BCUT2D eigenvalue weighted by Crippen LogP contribution is -2.51. The van der Waals surface area contributed by atoms with Crippen LogP contribution in [0.2, 0.25) is 0 Å². The lowest BCUT2D eigenvalue weighted by molar-refractivity contribution is -0.132. The molecule has 9 heteroatoms. The number of hydrogen-bond acceptors (Lipinski definition) is 8. The van der Waals surface area contributed by atoms with E-state index in [-0.39, 0.29) is 24.8 Å². The Balaban J connectivity index is 1.74. The van der Waals surface area contributed by atoms with Gasteiger partial charge in [0.1, 0.15) is 12.4 Å². The summed E-state index contributed by atoms with van der Waals surface area (Å²) in [5, 5.41) is 3.68. The quantitative estimate of drug-likeness (QED) is 0.545. The van der Waals surface area contributed by atoms with Crippen LogP contribution in [0.15, 0.2) is 59.8 Å². The van der Waals surface area contributed by atoms with Gasteiger partial charge in [-0.25, -0.2) is 9.69 Å². The highest BCUT2D eigenvalue weighted by molar-refractivity contribution is 7.82. The summed E-state index contributed by atoms with van der Waals surface area (Å²) in [4.78, 5) is 32.7. The number of benzene rings is 2. The first kappa shape index (κ1) is 24.6. The van der Waals surface area contributed by atoms with E-state index in [1.165, 1.54) is 0 Å². The standard InChI is InChI=1S/C24H29N3O5S/c1-3-19-22(33)21(32-26-19)14-27(24(29)31-15-16-9-5-4-6-10-16)23(28)18(25)13-17-11-7-8-12-20(17)30-2/h4-12,18,21-22,33H,3,13-15,25H2,1-2H3/t18-,21?,22?/m0/s1. The first-order valence-electron chi connectivity index (χ1n) is 10.7. The number of nitrogens with two attached hydrogens (primary N) is 1. The van der Waals surface area contributed by atoms with Crippen molar-refractivity contribution in [1.82, 2.24) is 4.90 Å². The van der Waals surface area contributed by atoms with Gasteiger partial charge < -0.3 is 20.0 Å². The molecule has 3 atom stereocenters. The molecular formula is C24H29N3O5S. The van der Waals surface area contributed by atoms with Gasteiger partial charge >= 0.3 is 6.09 Å². The second-order valence-corrected chi connectivity index (χ2v) is 8.19. The minimum Gasteiger partial charge on any atom is -0.496 e. The van der Waals surface area contributed by atoms with Gasteiger partial charge in [0.25, 0.3) is 0 Å². The topological polar surface area (TPSA) is 103 Å². The highest BCUT2D eigenvalue weighted by atomic mass is 32.1. The predicted octanol–water partition coefficient (Wildman–Crippen LogP) is 3.19. The third-order valence-electron chi connectivity index (χ3n) is 5.36. The molecule has 2 N–H and O–H groups in total. The monoisotopic (exact) mass is 471 g/mol. The van der Waals surface area contributed by atoms with E-state index in [2.05, 4.69) is 17.8 Å². The van der Waals surface area contributed by atoms with Crippen molar-refractivity contribution < 1.29 is 23.9 Å². The average molecular weight is 472 g/mol.